The first-order valence-electron chi connectivity index (χ1n) is 9.89. The van der Waals surface area contributed by atoms with E-state index in [0.29, 0.717) is 11.5 Å². The maximum absolute atomic E-state index is 6.34. The first-order chi connectivity index (χ1) is 14.0. The molecular formula is C22H29N7. The molecule has 0 spiro atoms. The van der Waals surface area contributed by atoms with Gasteiger partial charge in [-0.3, -0.25) is 9.67 Å². The number of rotatable bonds is 9. The number of nitrogen functional groups attached to an aromatic ring is 1. The summed E-state index contributed by atoms with van der Waals surface area (Å²) >= 11 is 0. The maximum atomic E-state index is 6.34. The van der Waals surface area contributed by atoms with E-state index in [4.69, 9.17) is 10.7 Å². The molecule has 0 radical (unpaired) electrons. The Hall–Kier alpha value is -3.35. The molecule has 3 N–H and O–H groups in total. The molecule has 0 saturated heterocycles. The zero-order valence-corrected chi connectivity index (χ0v) is 17.4. The van der Waals surface area contributed by atoms with Crippen LogP contribution >= 0.6 is 0 Å². The van der Waals surface area contributed by atoms with Gasteiger partial charge in [0.05, 0.1) is 23.3 Å². The third-order valence-electron chi connectivity index (χ3n) is 4.66. The van der Waals surface area contributed by atoms with Gasteiger partial charge in [-0.15, -0.1) is 0 Å². The van der Waals surface area contributed by atoms with Crippen molar-refractivity contribution in [2.24, 2.45) is 7.05 Å². The van der Waals surface area contributed by atoms with E-state index >= 15 is 0 Å². The van der Waals surface area contributed by atoms with Crippen LogP contribution in [0, 0.1) is 6.92 Å². The number of aryl methyl sites for hydroxylation is 2. The van der Waals surface area contributed by atoms with E-state index in [1.165, 1.54) is 0 Å². The van der Waals surface area contributed by atoms with Gasteiger partial charge in [-0.2, -0.15) is 5.10 Å². The highest BCUT2D eigenvalue weighted by atomic mass is 15.3. The predicted molar refractivity (Wildman–Crippen MR) is 119 cm³/mol. The highest BCUT2D eigenvalue weighted by Gasteiger charge is 2.17. The van der Waals surface area contributed by atoms with Crippen LogP contribution in [0.4, 0.5) is 17.2 Å². The zero-order valence-electron chi connectivity index (χ0n) is 17.4. The van der Waals surface area contributed by atoms with Gasteiger partial charge < -0.3 is 16.0 Å². The van der Waals surface area contributed by atoms with E-state index < -0.39 is 0 Å². The van der Waals surface area contributed by atoms with Crippen LogP contribution in [-0.4, -0.2) is 26.3 Å². The summed E-state index contributed by atoms with van der Waals surface area (Å²) in [6.45, 7) is 9.18. The quantitative estimate of drug-likeness (QED) is 0.528. The summed E-state index contributed by atoms with van der Waals surface area (Å²) in [5.41, 5.74) is 10.6. The summed E-state index contributed by atoms with van der Waals surface area (Å²) in [6.07, 6.45) is 8.74. The van der Waals surface area contributed by atoms with Crippen molar-refractivity contribution in [1.29, 1.82) is 0 Å². The number of nitrogens with one attached hydrogen (secondary N) is 1. The SMILES string of the molecule is C=C(Nc1cnn(C)c1)N(CCCCC)c1nc(-c2ccnc(C)c2)ccc1N. The van der Waals surface area contributed by atoms with Crippen molar-refractivity contribution in [3.05, 3.63) is 60.9 Å². The Morgan fingerprint density at radius 3 is 2.79 bits per heavy atom. The number of aromatic nitrogens is 4. The Bertz CT molecular complexity index is 977. The Kier molecular flexibility index (Phi) is 6.49. The van der Waals surface area contributed by atoms with Gasteiger partial charge in [0, 0.05) is 37.2 Å². The standard InChI is InChI=1S/C22H29N7/c1-5-6-7-12-29(17(3)26-19-14-25-28(4)15-19)22-20(23)8-9-21(27-22)18-10-11-24-16(2)13-18/h8-11,13-15,26H,3,5-7,12,23H2,1-2,4H3. The lowest BCUT2D eigenvalue weighted by Gasteiger charge is -2.27. The van der Waals surface area contributed by atoms with Crippen molar-refractivity contribution in [1.82, 2.24) is 19.7 Å². The molecule has 3 heterocycles. The van der Waals surface area contributed by atoms with Crippen LogP contribution in [0.3, 0.4) is 0 Å². The highest BCUT2D eigenvalue weighted by molar-refractivity contribution is 5.72. The lowest BCUT2D eigenvalue weighted by molar-refractivity contribution is 0.703. The highest BCUT2D eigenvalue weighted by Crippen LogP contribution is 2.29. The number of nitrogens with zero attached hydrogens (tertiary/aromatic N) is 5. The largest absolute Gasteiger partial charge is 0.396 e. The maximum Gasteiger partial charge on any atom is 0.158 e. The number of hydrogen-bond acceptors (Lipinski definition) is 6. The molecule has 0 bridgehead atoms. The number of nitrogens with two attached hydrogens (primary N) is 1. The number of anilines is 3. The minimum atomic E-state index is 0.616. The summed E-state index contributed by atoms with van der Waals surface area (Å²) < 4.78 is 1.75. The normalized spacial score (nSPS) is 10.7. The fourth-order valence-corrected chi connectivity index (χ4v) is 3.15. The minimum Gasteiger partial charge on any atom is -0.396 e. The monoisotopic (exact) mass is 391 g/mol. The van der Waals surface area contributed by atoms with Gasteiger partial charge >= 0.3 is 0 Å². The summed E-state index contributed by atoms with van der Waals surface area (Å²) in [5.74, 6) is 1.42. The van der Waals surface area contributed by atoms with Crippen LogP contribution < -0.4 is 16.0 Å². The van der Waals surface area contributed by atoms with Gasteiger partial charge in [-0.1, -0.05) is 26.3 Å². The Morgan fingerprint density at radius 2 is 2.10 bits per heavy atom. The molecule has 0 aliphatic heterocycles. The van der Waals surface area contributed by atoms with Crippen molar-refractivity contribution < 1.29 is 0 Å². The Morgan fingerprint density at radius 1 is 1.28 bits per heavy atom. The zero-order chi connectivity index (χ0) is 20.8. The summed E-state index contributed by atoms with van der Waals surface area (Å²) in [4.78, 5) is 11.2. The van der Waals surface area contributed by atoms with Crippen molar-refractivity contribution in [2.45, 2.75) is 33.1 Å². The number of unbranched alkanes of at least 4 members (excludes halogenated alkanes) is 2. The molecule has 7 nitrogen and oxygen atoms in total. The molecule has 3 aromatic heterocycles. The van der Waals surface area contributed by atoms with Crippen molar-refractivity contribution in [3.63, 3.8) is 0 Å². The van der Waals surface area contributed by atoms with Gasteiger partial charge in [0.1, 0.15) is 5.82 Å². The fraction of sp³-hybridized carbons (Fsp3) is 0.318. The molecule has 0 unspecified atom stereocenters. The fourth-order valence-electron chi connectivity index (χ4n) is 3.15. The molecule has 0 atom stereocenters. The van der Waals surface area contributed by atoms with Crippen molar-refractivity contribution >= 4 is 17.2 Å². The van der Waals surface area contributed by atoms with Gasteiger partial charge in [0.25, 0.3) is 0 Å². The van der Waals surface area contributed by atoms with Crippen LogP contribution in [-0.2, 0) is 7.05 Å². The Balaban J connectivity index is 1.93. The molecule has 7 heteroatoms. The molecule has 0 aliphatic carbocycles. The molecule has 0 saturated carbocycles. The third kappa shape index (κ3) is 5.13. The summed E-state index contributed by atoms with van der Waals surface area (Å²) in [5, 5.41) is 7.53. The van der Waals surface area contributed by atoms with Crippen LogP contribution in [0.25, 0.3) is 11.3 Å². The van der Waals surface area contributed by atoms with E-state index in [1.807, 2.05) is 44.4 Å². The first-order valence-corrected chi connectivity index (χ1v) is 9.89. The molecule has 0 amide bonds. The molecule has 3 aromatic rings. The minimum absolute atomic E-state index is 0.616. The van der Waals surface area contributed by atoms with E-state index in [2.05, 4.69) is 33.8 Å². The lowest BCUT2D eigenvalue weighted by atomic mass is 10.1. The van der Waals surface area contributed by atoms with Gasteiger partial charge in [0.2, 0.25) is 0 Å². The molecule has 0 aromatic carbocycles. The second kappa shape index (κ2) is 9.23. The molecule has 152 valence electrons. The topological polar surface area (TPSA) is 84.9 Å². The molecule has 0 aliphatic rings. The second-order valence-corrected chi connectivity index (χ2v) is 7.13. The summed E-state index contributed by atoms with van der Waals surface area (Å²) in [7, 11) is 1.88. The molecule has 0 fully saturated rings. The number of hydrogen-bond donors (Lipinski definition) is 2. The molecule has 3 rings (SSSR count). The Labute approximate surface area is 172 Å². The molecular weight excluding hydrogens is 362 g/mol. The van der Waals surface area contributed by atoms with E-state index in [9.17, 15) is 0 Å². The van der Waals surface area contributed by atoms with Crippen LogP contribution in [0.2, 0.25) is 0 Å². The van der Waals surface area contributed by atoms with Crippen molar-refractivity contribution in [2.75, 3.05) is 22.5 Å². The second-order valence-electron chi connectivity index (χ2n) is 7.13. The average molecular weight is 392 g/mol. The smallest absolute Gasteiger partial charge is 0.158 e. The molecule has 29 heavy (non-hydrogen) atoms. The van der Waals surface area contributed by atoms with Gasteiger partial charge in [-0.05, 0) is 37.6 Å². The predicted octanol–water partition coefficient (Wildman–Crippen LogP) is 4.35. The van der Waals surface area contributed by atoms with Crippen molar-refractivity contribution in [3.8, 4) is 11.3 Å². The first kappa shape index (κ1) is 20.4. The van der Waals surface area contributed by atoms with Gasteiger partial charge in [-0.25, -0.2) is 4.98 Å². The van der Waals surface area contributed by atoms with E-state index in [-0.39, 0.29) is 0 Å². The van der Waals surface area contributed by atoms with E-state index in [1.54, 1.807) is 17.1 Å². The third-order valence-corrected chi connectivity index (χ3v) is 4.66. The van der Waals surface area contributed by atoms with Gasteiger partial charge in [0.15, 0.2) is 5.82 Å². The van der Waals surface area contributed by atoms with E-state index in [0.717, 1.165) is 54.3 Å². The lowest BCUT2D eigenvalue weighted by Crippen LogP contribution is -2.29. The van der Waals surface area contributed by atoms with Crippen LogP contribution in [0.5, 0.6) is 0 Å². The summed E-state index contributed by atoms with van der Waals surface area (Å²) in [6, 6.07) is 7.82. The van der Waals surface area contributed by atoms with Crippen LogP contribution in [0.15, 0.2) is 55.3 Å². The van der Waals surface area contributed by atoms with Crippen LogP contribution in [0.1, 0.15) is 31.9 Å². The average Bonchev–Trinajstić information content (AvgIpc) is 3.10. The number of pyridine rings is 2.